The second kappa shape index (κ2) is 6.88. The maximum Gasteiger partial charge on any atom is 0.223 e. The molecule has 2 heterocycles. The summed E-state index contributed by atoms with van der Waals surface area (Å²) in [4.78, 5) is 13.9. The number of hydrogen-bond acceptors (Lipinski definition) is 5. The quantitative estimate of drug-likeness (QED) is 0.800. The van der Waals surface area contributed by atoms with E-state index in [0.29, 0.717) is 38.4 Å². The molecule has 0 unspecified atom stereocenters. The SMILES string of the molecule is Cc1cc(=O)c(O)c(CN2CCOCC2)n1CCCO. The Bertz CT molecular complexity index is 507. The third kappa shape index (κ3) is 3.39. The molecule has 112 valence electrons. The van der Waals surface area contributed by atoms with E-state index in [-0.39, 0.29) is 17.8 Å². The summed E-state index contributed by atoms with van der Waals surface area (Å²) in [6.45, 7) is 5.99. The van der Waals surface area contributed by atoms with Crippen LogP contribution in [0.3, 0.4) is 0 Å². The predicted molar refractivity (Wildman–Crippen MR) is 74.9 cm³/mol. The Morgan fingerprint density at radius 1 is 1.35 bits per heavy atom. The lowest BCUT2D eigenvalue weighted by Crippen LogP contribution is -2.37. The second-order valence-electron chi connectivity index (χ2n) is 5.06. The van der Waals surface area contributed by atoms with Crippen LogP contribution in [0.15, 0.2) is 10.9 Å². The zero-order valence-electron chi connectivity index (χ0n) is 11.8. The summed E-state index contributed by atoms with van der Waals surface area (Å²) in [5, 5.41) is 19.1. The molecule has 0 aromatic carbocycles. The highest BCUT2D eigenvalue weighted by molar-refractivity contribution is 5.29. The minimum absolute atomic E-state index is 0.0866. The second-order valence-corrected chi connectivity index (χ2v) is 5.06. The molecule has 20 heavy (non-hydrogen) atoms. The normalized spacial score (nSPS) is 16.5. The van der Waals surface area contributed by atoms with Crippen molar-refractivity contribution in [3.05, 3.63) is 27.7 Å². The molecule has 1 aliphatic rings. The average Bonchev–Trinajstić information content (AvgIpc) is 2.45. The molecule has 0 spiro atoms. The van der Waals surface area contributed by atoms with Crippen LogP contribution in [0.1, 0.15) is 17.8 Å². The van der Waals surface area contributed by atoms with E-state index in [1.807, 2.05) is 11.5 Å². The van der Waals surface area contributed by atoms with E-state index >= 15 is 0 Å². The molecule has 1 aliphatic heterocycles. The van der Waals surface area contributed by atoms with E-state index in [1.54, 1.807) is 0 Å². The number of pyridine rings is 1. The minimum atomic E-state index is -0.342. The average molecular weight is 282 g/mol. The summed E-state index contributed by atoms with van der Waals surface area (Å²) < 4.78 is 7.22. The van der Waals surface area contributed by atoms with Gasteiger partial charge in [0.05, 0.1) is 18.9 Å². The molecule has 0 amide bonds. The topological polar surface area (TPSA) is 74.9 Å². The first-order chi connectivity index (χ1) is 9.63. The monoisotopic (exact) mass is 282 g/mol. The van der Waals surface area contributed by atoms with Gasteiger partial charge in [-0.05, 0) is 13.3 Å². The molecule has 1 aromatic heterocycles. The van der Waals surface area contributed by atoms with Crippen LogP contribution in [-0.2, 0) is 17.8 Å². The van der Waals surface area contributed by atoms with Crippen molar-refractivity contribution in [1.29, 1.82) is 0 Å². The molecule has 0 aliphatic carbocycles. The number of aromatic nitrogens is 1. The number of aromatic hydroxyl groups is 1. The van der Waals surface area contributed by atoms with Crippen LogP contribution in [0.25, 0.3) is 0 Å². The van der Waals surface area contributed by atoms with Crippen LogP contribution in [0, 0.1) is 6.92 Å². The Morgan fingerprint density at radius 2 is 2.05 bits per heavy atom. The highest BCUT2D eigenvalue weighted by Gasteiger charge is 2.18. The van der Waals surface area contributed by atoms with Gasteiger partial charge in [-0.2, -0.15) is 0 Å². The minimum Gasteiger partial charge on any atom is -0.503 e. The summed E-state index contributed by atoms with van der Waals surface area (Å²) in [6.07, 6.45) is 0.596. The Labute approximate surface area is 118 Å². The van der Waals surface area contributed by atoms with Gasteiger partial charge in [0.1, 0.15) is 0 Å². The molecule has 2 N–H and O–H groups in total. The highest BCUT2D eigenvalue weighted by Crippen LogP contribution is 2.18. The first kappa shape index (κ1) is 15.0. The van der Waals surface area contributed by atoms with E-state index in [2.05, 4.69) is 4.90 Å². The molecule has 0 saturated carbocycles. The van der Waals surface area contributed by atoms with Gasteiger partial charge in [-0.15, -0.1) is 0 Å². The molecule has 6 nitrogen and oxygen atoms in total. The fourth-order valence-electron chi connectivity index (χ4n) is 2.49. The van der Waals surface area contributed by atoms with Crippen molar-refractivity contribution in [2.45, 2.75) is 26.4 Å². The Morgan fingerprint density at radius 3 is 2.70 bits per heavy atom. The van der Waals surface area contributed by atoms with Crippen LogP contribution in [0.2, 0.25) is 0 Å². The van der Waals surface area contributed by atoms with E-state index in [4.69, 9.17) is 9.84 Å². The number of aliphatic hydroxyl groups is 1. The molecular formula is C14H22N2O4. The zero-order valence-corrected chi connectivity index (χ0v) is 11.8. The van der Waals surface area contributed by atoms with Gasteiger partial charge < -0.3 is 19.5 Å². The van der Waals surface area contributed by atoms with E-state index in [1.165, 1.54) is 6.07 Å². The third-order valence-electron chi connectivity index (χ3n) is 3.62. The largest absolute Gasteiger partial charge is 0.503 e. The molecular weight excluding hydrogens is 260 g/mol. The number of aryl methyl sites for hydroxylation is 1. The van der Waals surface area contributed by atoms with Gasteiger partial charge in [0.2, 0.25) is 5.43 Å². The van der Waals surface area contributed by atoms with E-state index < -0.39 is 0 Å². The van der Waals surface area contributed by atoms with Crippen molar-refractivity contribution in [1.82, 2.24) is 9.47 Å². The van der Waals surface area contributed by atoms with Gasteiger partial charge >= 0.3 is 0 Å². The van der Waals surface area contributed by atoms with Crippen molar-refractivity contribution in [2.24, 2.45) is 0 Å². The highest BCUT2D eigenvalue weighted by atomic mass is 16.5. The van der Waals surface area contributed by atoms with Crippen molar-refractivity contribution in [2.75, 3.05) is 32.9 Å². The molecule has 0 atom stereocenters. The third-order valence-corrected chi connectivity index (χ3v) is 3.62. The summed E-state index contributed by atoms with van der Waals surface area (Å²) in [7, 11) is 0. The van der Waals surface area contributed by atoms with Crippen LogP contribution in [0.4, 0.5) is 0 Å². The van der Waals surface area contributed by atoms with Crippen LogP contribution in [-0.4, -0.2) is 52.6 Å². The van der Waals surface area contributed by atoms with Crippen molar-refractivity contribution in [3.8, 4) is 5.75 Å². The Hall–Kier alpha value is -1.37. The number of hydrogen-bond donors (Lipinski definition) is 2. The first-order valence-electron chi connectivity index (χ1n) is 6.96. The van der Waals surface area contributed by atoms with Gasteiger partial charge in [0, 0.05) is 44.5 Å². The molecule has 0 bridgehead atoms. The van der Waals surface area contributed by atoms with Gasteiger partial charge in [-0.1, -0.05) is 0 Å². The molecule has 1 aromatic rings. The van der Waals surface area contributed by atoms with Gasteiger partial charge in [0.15, 0.2) is 5.75 Å². The number of ether oxygens (including phenoxy) is 1. The van der Waals surface area contributed by atoms with Gasteiger partial charge in [-0.3, -0.25) is 9.69 Å². The number of rotatable bonds is 5. The number of morpholine rings is 1. The Kier molecular flexibility index (Phi) is 5.17. The molecule has 1 fully saturated rings. The molecule has 0 radical (unpaired) electrons. The summed E-state index contributed by atoms with van der Waals surface area (Å²) in [5.74, 6) is -0.181. The van der Waals surface area contributed by atoms with Crippen LogP contribution < -0.4 is 5.43 Å². The number of nitrogens with zero attached hydrogens (tertiary/aromatic N) is 2. The van der Waals surface area contributed by atoms with Gasteiger partial charge in [0.25, 0.3) is 0 Å². The lowest BCUT2D eigenvalue weighted by Gasteiger charge is -2.28. The van der Waals surface area contributed by atoms with Crippen molar-refractivity contribution < 1.29 is 14.9 Å². The zero-order chi connectivity index (χ0) is 14.5. The number of aliphatic hydroxyl groups excluding tert-OH is 1. The summed E-state index contributed by atoms with van der Waals surface area (Å²) in [5.41, 5.74) is 1.10. The molecule has 1 saturated heterocycles. The lowest BCUT2D eigenvalue weighted by molar-refractivity contribution is 0.0326. The van der Waals surface area contributed by atoms with Gasteiger partial charge in [-0.25, -0.2) is 0 Å². The standard InChI is InChI=1S/C14H22N2O4/c1-11-9-13(18)14(19)12(16(11)3-2-6-17)10-15-4-7-20-8-5-15/h9,17,19H,2-8,10H2,1H3. The van der Waals surface area contributed by atoms with E-state index in [0.717, 1.165) is 18.8 Å². The Balaban J connectivity index is 2.29. The predicted octanol–water partition coefficient (Wildman–Crippen LogP) is 0.0769. The maximum atomic E-state index is 11.8. The van der Waals surface area contributed by atoms with Crippen LogP contribution in [0.5, 0.6) is 5.75 Å². The molecule has 6 heteroatoms. The maximum absolute atomic E-state index is 11.8. The van der Waals surface area contributed by atoms with Crippen LogP contribution >= 0.6 is 0 Å². The van der Waals surface area contributed by atoms with E-state index in [9.17, 15) is 9.90 Å². The fraction of sp³-hybridized carbons (Fsp3) is 0.643. The molecule has 2 rings (SSSR count). The summed E-state index contributed by atoms with van der Waals surface area (Å²) >= 11 is 0. The van der Waals surface area contributed by atoms with Crippen molar-refractivity contribution in [3.63, 3.8) is 0 Å². The summed E-state index contributed by atoms with van der Waals surface area (Å²) in [6, 6.07) is 1.44. The fourth-order valence-corrected chi connectivity index (χ4v) is 2.49. The lowest BCUT2D eigenvalue weighted by atomic mass is 10.2. The smallest absolute Gasteiger partial charge is 0.223 e. The van der Waals surface area contributed by atoms with Crippen molar-refractivity contribution >= 4 is 0 Å². The first-order valence-corrected chi connectivity index (χ1v) is 6.96.